The van der Waals surface area contributed by atoms with Crippen LogP contribution in [0.4, 0.5) is 8.78 Å². The van der Waals surface area contributed by atoms with Gasteiger partial charge in [-0.3, -0.25) is 0 Å². The summed E-state index contributed by atoms with van der Waals surface area (Å²) >= 11 is 0. The van der Waals surface area contributed by atoms with Crippen LogP contribution in [0.3, 0.4) is 0 Å². The van der Waals surface area contributed by atoms with E-state index < -0.39 is 23.2 Å². The fourth-order valence-electron chi connectivity index (χ4n) is 2.80. The van der Waals surface area contributed by atoms with Crippen molar-refractivity contribution in [2.45, 2.75) is 51.9 Å². The van der Waals surface area contributed by atoms with E-state index in [4.69, 9.17) is 14.8 Å². The fraction of sp³-hybridized carbons (Fsp3) is 0.556. The molecular formula is C18H24F2O3. The van der Waals surface area contributed by atoms with Gasteiger partial charge < -0.3 is 9.78 Å². The maximum absolute atomic E-state index is 14.6. The molecule has 0 spiro atoms. The third kappa shape index (κ3) is 3.50. The zero-order valence-electron chi connectivity index (χ0n) is 14.0. The molecule has 0 bridgehead atoms. The van der Waals surface area contributed by atoms with Crippen LogP contribution in [0.1, 0.15) is 40.5 Å². The Hall–Kier alpha value is -1.62. The van der Waals surface area contributed by atoms with Crippen molar-refractivity contribution >= 4 is 0 Å². The molecule has 0 fully saturated rings. The van der Waals surface area contributed by atoms with E-state index in [2.05, 4.69) is 0 Å². The van der Waals surface area contributed by atoms with Gasteiger partial charge in [0.05, 0.1) is 11.8 Å². The smallest absolute Gasteiger partial charge is 0.153 e. The van der Waals surface area contributed by atoms with E-state index in [1.165, 1.54) is 12.2 Å². The molecule has 0 aliphatic heterocycles. The highest BCUT2D eigenvalue weighted by Crippen LogP contribution is 2.38. The van der Waals surface area contributed by atoms with Crippen molar-refractivity contribution in [3.63, 3.8) is 0 Å². The van der Waals surface area contributed by atoms with Crippen molar-refractivity contribution in [2.75, 3.05) is 0 Å². The molecule has 0 N–H and O–H groups in total. The summed E-state index contributed by atoms with van der Waals surface area (Å²) in [6, 6.07) is 0. The van der Waals surface area contributed by atoms with Crippen LogP contribution < -0.4 is 0 Å². The highest BCUT2D eigenvalue weighted by molar-refractivity contribution is 5.25. The van der Waals surface area contributed by atoms with Crippen LogP contribution in [-0.4, -0.2) is 11.3 Å². The lowest BCUT2D eigenvalue weighted by molar-refractivity contribution is -0.484. The monoisotopic (exact) mass is 326 g/mol. The van der Waals surface area contributed by atoms with Gasteiger partial charge in [-0.05, 0) is 37.1 Å². The maximum Gasteiger partial charge on any atom is 0.153 e. The number of halogens is 2. The summed E-state index contributed by atoms with van der Waals surface area (Å²) < 4.78 is 29.1. The number of hydrogen-bond donors (Lipinski definition) is 0. The average molecular weight is 326 g/mol. The molecule has 0 saturated heterocycles. The van der Waals surface area contributed by atoms with Gasteiger partial charge in [0.25, 0.3) is 0 Å². The maximum atomic E-state index is 14.6. The molecule has 3 nitrogen and oxygen atoms in total. The van der Waals surface area contributed by atoms with Crippen LogP contribution in [0.15, 0.2) is 48.0 Å². The normalized spacial score (nSPS) is 36.4. The molecular weight excluding hydrogens is 302 g/mol. The average Bonchev–Trinajstić information content (AvgIpc) is 2.55. The third-order valence-corrected chi connectivity index (χ3v) is 4.91. The molecule has 2 aliphatic carbocycles. The largest absolute Gasteiger partial charge is 0.303 e. The summed E-state index contributed by atoms with van der Waals surface area (Å²) in [5.41, 5.74) is -2.94. The molecule has 0 aromatic carbocycles. The van der Waals surface area contributed by atoms with Gasteiger partial charge in [0, 0.05) is 5.04 Å². The van der Waals surface area contributed by atoms with Gasteiger partial charge >= 0.3 is 0 Å². The van der Waals surface area contributed by atoms with E-state index in [1.807, 2.05) is 0 Å². The minimum Gasteiger partial charge on any atom is -0.303 e. The van der Waals surface area contributed by atoms with Crippen molar-refractivity contribution in [1.82, 2.24) is 0 Å². The highest BCUT2D eigenvalue weighted by atomic mass is 19.1. The summed E-state index contributed by atoms with van der Waals surface area (Å²) in [6.07, 6.45) is 10.1. The minimum absolute atomic E-state index is 0.332. The predicted molar refractivity (Wildman–Crippen MR) is 84.3 cm³/mol. The molecule has 4 unspecified atom stereocenters. The first-order chi connectivity index (χ1) is 10.9. The van der Waals surface area contributed by atoms with Crippen molar-refractivity contribution in [1.29, 1.82) is 0 Å². The van der Waals surface area contributed by atoms with Crippen LogP contribution in [0, 0.1) is 11.8 Å². The first-order valence-electron chi connectivity index (χ1n) is 8.04. The first-order valence-corrected chi connectivity index (χ1v) is 8.04. The summed E-state index contributed by atoms with van der Waals surface area (Å²) in [6.45, 7) is 6.98. The Bertz CT molecular complexity index is 504. The second-order valence-electron chi connectivity index (χ2n) is 6.10. The van der Waals surface area contributed by atoms with Crippen LogP contribution in [0.25, 0.3) is 0 Å². The number of allylic oxidation sites excluding steroid dienone is 8. The third-order valence-electron chi connectivity index (χ3n) is 4.91. The van der Waals surface area contributed by atoms with Gasteiger partial charge in [-0.15, -0.1) is 0 Å². The molecule has 23 heavy (non-hydrogen) atoms. The molecule has 2 rings (SSSR count). The zero-order chi connectivity index (χ0) is 17.1. The van der Waals surface area contributed by atoms with Gasteiger partial charge in [0.1, 0.15) is 11.3 Å². The lowest BCUT2D eigenvalue weighted by atomic mass is 9.83. The van der Waals surface area contributed by atoms with Gasteiger partial charge in [0.2, 0.25) is 0 Å². The van der Waals surface area contributed by atoms with Crippen LogP contribution in [0.5, 0.6) is 0 Å². The fourth-order valence-corrected chi connectivity index (χ4v) is 2.80. The molecule has 128 valence electrons. The standard InChI is InChI=1S/C18H24F2O3/c1-5-17(19)11-7-9-15(13(17)3)21-23-22-16-10-8-12-18(20,6-2)14(16)4/h7-14H,5-6H2,1-4H3. The predicted octanol–water partition coefficient (Wildman–Crippen LogP) is 5.28. The Morgan fingerprint density at radius 3 is 1.61 bits per heavy atom. The summed E-state index contributed by atoms with van der Waals surface area (Å²) in [5.74, 6) is -0.318. The molecule has 0 heterocycles. The second-order valence-corrected chi connectivity index (χ2v) is 6.10. The molecule has 0 radical (unpaired) electrons. The number of alkyl halides is 2. The van der Waals surface area contributed by atoms with Crippen molar-refractivity contribution in [3.05, 3.63) is 48.0 Å². The van der Waals surface area contributed by atoms with E-state index in [-0.39, 0.29) is 0 Å². The Balaban J connectivity index is 1.93. The Morgan fingerprint density at radius 1 is 0.870 bits per heavy atom. The number of hydrogen-bond acceptors (Lipinski definition) is 3. The topological polar surface area (TPSA) is 27.7 Å². The van der Waals surface area contributed by atoms with Gasteiger partial charge in [0.15, 0.2) is 11.5 Å². The Morgan fingerprint density at radius 2 is 1.26 bits per heavy atom. The minimum atomic E-state index is -1.47. The molecule has 2 aliphatic rings. The summed E-state index contributed by atoms with van der Waals surface area (Å²) in [5, 5.41) is 4.79. The first kappa shape index (κ1) is 17.7. The van der Waals surface area contributed by atoms with Gasteiger partial charge in [-0.1, -0.05) is 39.8 Å². The molecule has 4 atom stereocenters. The lowest BCUT2D eigenvalue weighted by Crippen LogP contribution is -2.33. The number of rotatable bonds is 6. The van der Waals surface area contributed by atoms with Crippen molar-refractivity contribution in [3.8, 4) is 0 Å². The molecule has 0 amide bonds. The van der Waals surface area contributed by atoms with E-state index in [0.717, 1.165) is 0 Å². The van der Waals surface area contributed by atoms with Crippen LogP contribution in [-0.2, 0) is 14.8 Å². The Kier molecular flexibility index (Phi) is 5.30. The van der Waals surface area contributed by atoms with E-state index in [9.17, 15) is 8.78 Å². The van der Waals surface area contributed by atoms with Crippen molar-refractivity contribution in [2.24, 2.45) is 11.8 Å². The second kappa shape index (κ2) is 6.87. The molecule has 0 aromatic rings. The summed E-state index contributed by atoms with van der Waals surface area (Å²) in [4.78, 5) is 10.2. The lowest BCUT2D eigenvalue weighted by Gasteiger charge is -2.31. The SMILES string of the molecule is CCC1(F)C=CC=C(OOOC2=CC=CC(F)(CC)C2C)C1C. The van der Waals surface area contributed by atoms with Crippen LogP contribution >= 0.6 is 0 Å². The molecule has 0 aromatic heterocycles. The quantitative estimate of drug-likeness (QED) is 0.491. The Labute approximate surface area is 136 Å². The highest BCUT2D eigenvalue weighted by Gasteiger charge is 2.39. The van der Waals surface area contributed by atoms with E-state index in [0.29, 0.717) is 24.4 Å². The van der Waals surface area contributed by atoms with Crippen molar-refractivity contribution < 1.29 is 23.6 Å². The van der Waals surface area contributed by atoms with Crippen LogP contribution in [0.2, 0.25) is 0 Å². The van der Waals surface area contributed by atoms with E-state index in [1.54, 1.807) is 52.0 Å². The molecule has 5 heteroatoms. The molecule has 0 saturated carbocycles. The van der Waals surface area contributed by atoms with Gasteiger partial charge in [-0.25, -0.2) is 8.78 Å². The summed E-state index contributed by atoms with van der Waals surface area (Å²) in [7, 11) is 0. The van der Waals surface area contributed by atoms with Gasteiger partial charge in [-0.2, -0.15) is 0 Å². The van der Waals surface area contributed by atoms with E-state index >= 15 is 0 Å². The zero-order valence-corrected chi connectivity index (χ0v) is 14.0.